The van der Waals surface area contributed by atoms with Gasteiger partial charge in [-0.1, -0.05) is 29.3 Å². The number of β-amino-alcohol motifs (C(OH)–C–C–N with tert-alkyl or cyclic N) is 1. The van der Waals surface area contributed by atoms with E-state index in [-0.39, 0.29) is 45.3 Å². The number of piperazine rings is 1. The number of aliphatic hydroxyl groups is 1. The van der Waals surface area contributed by atoms with Crippen molar-refractivity contribution >= 4 is 40.0 Å². The zero-order chi connectivity index (χ0) is 28.6. The van der Waals surface area contributed by atoms with E-state index < -0.39 is 29.1 Å². The first-order chi connectivity index (χ1) is 19.1. The predicted molar refractivity (Wildman–Crippen MR) is 149 cm³/mol. The van der Waals surface area contributed by atoms with Crippen LogP contribution in [0.1, 0.15) is 22.8 Å². The Morgan fingerprint density at radius 3 is 2.55 bits per heavy atom. The number of carbonyl (C=O) groups excluding carboxylic acids is 1. The van der Waals surface area contributed by atoms with Crippen molar-refractivity contribution in [3.8, 4) is 5.75 Å². The number of hydrogen-bond acceptors (Lipinski definition) is 6. The maximum absolute atomic E-state index is 14.3. The van der Waals surface area contributed by atoms with E-state index in [2.05, 4.69) is 12.0 Å². The van der Waals surface area contributed by atoms with E-state index in [1.165, 1.54) is 24.4 Å². The number of aromatic nitrogens is 1. The Hall–Kier alpha value is -3.02. The van der Waals surface area contributed by atoms with Gasteiger partial charge in [0.05, 0.1) is 15.6 Å². The van der Waals surface area contributed by atoms with Crippen molar-refractivity contribution in [3.63, 3.8) is 0 Å². The van der Waals surface area contributed by atoms with Gasteiger partial charge in [-0.3, -0.25) is 19.9 Å². The number of ether oxygens (including phenoxy) is 1. The molecule has 1 amide bonds. The molecule has 3 atom stereocenters. The molecule has 212 valence electrons. The highest BCUT2D eigenvalue weighted by Gasteiger charge is 2.37. The van der Waals surface area contributed by atoms with Crippen LogP contribution in [0.4, 0.5) is 8.78 Å². The number of benzene rings is 2. The second-order valence-electron chi connectivity index (χ2n) is 10.0. The zero-order valence-corrected chi connectivity index (χ0v) is 23.0. The Morgan fingerprint density at radius 1 is 1.15 bits per heavy atom. The van der Waals surface area contributed by atoms with E-state index in [0.717, 1.165) is 18.6 Å². The van der Waals surface area contributed by atoms with Crippen LogP contribution in [0.25, 0.3) is 10.9 Å². The van der Waals surface area contributed by atoms with E-state index in [0.29, 0.717) is 38.2 Å². The lowest BCUT2D eigenvalue weighted by Crippen LogP contribution is -2.55. The topological polar surface area (TPSA) is 87.0 Å². The highest BCUT2D eigenvalue weighted by atomic mass is 35.5. The number of nitrogens with zero attached hydrogens (tertiary/aromatic N) is 3. The second-order valence-corrected chi connectivity index (χ2v) is 10.8. The maximum Gasteiger partial charge on any atom is 0.271 e. The molecule has 3 unspecified atom stereocenters. The summed E-state index contributed by atoms with van der Waals surface area (Å²) in [4.78, 5) is 28.4. The number of hydrazine groups is 1. The molecule has 0 bridgehead atoms. The molecule has 12 heteroatoms. The van der Waals surface area contributed by atoms with E-state index in [1.807, 2.05) is 15.5 Å². The van der Waals surface area contributed by atoms with E-state index in [9.17, 15) is 23.5 Å². The van der Waals surface area contributed by atoms with Crippen LogP contribution in [0.15, 0.2) is 54.0 Å². The Balaban J connectivity index is 1.19. The van der Waals surface area contributed by atoms with Gasteiger partial charge >= 0.3 is 0 Å². The van der Waals surface area contributed by atoms with E-state index >= 15 is 0 Å². The first kappa shape index (κ1) is 28.5. The van der Waals surface area contributed by atoms with E-state index in [4.69, 9.17) is 27.9 Å². The maximum atomic E-state index is 14.3. The van der Waals surface area contributed by atoms with Gasteiger partial charge in [-0.15, -0.1) is 6.58 Å². The number of carbonyl (C=O) groups is 1. The van der Waals surface area contributed by atoms with Gasteiger partial charge in [-0.2, -0.15) is 0 Å². The molecule has 0 spiro atoms. The summed E-state index contributed by atoms with van der Waals surface area (Å²) in [6.45, 7) is 6.12. The van der Waals surface area contributed by atoms with Gasteiger partial charge in [-0.05, 0) is 36.6 Å². The van der Waals surface area contributed by atoms with Crippen LogP contribution in [0.2, 0.25) is 10.0 Å². The normalized spacial score (nSPS) is 20.3. The van der Waals surface area contributed by atoms with Crippen molar-refractivity contribution in [2.24, 2.45) is 5.92 Å². The third-order valence-electron chi connectivity index (χ3n) is 7.22. The minimum atomic E-state index is -0.813. The van der Waals surface area contributed by atoms with Gasteiger partial charge in [0.25, 0.3) is 5.91 Å². The van der Waals surface area contributed by atoms with Crippen LogP contribution in [-0.4, -0.2) is 70.9 Å². The molecule has 1 aromatic heterocycles. The van der Waals surface area contributed by atoms with Gasteiger partial charge in [0, 0.05) is 56.4 Å². The van der Waals surface area contributed by atoms with Gasteiger partial charge in [-0.25, -0.2) is 13.8 Å². The van der Waals surface area contributed by atoms with Crippen molar-refractivity contribution in [2.45, 2.75) is 18.6 Å². The number of fused-ring (bicyclic) bond motifs is 1. The summed E-state index contributed by atoms with van der Waals surface area (Å²) in [6.07, 6.45) is 3.32. The standard InChI is InChI=1S/C28H28Cl2F2N4O4/c1-2-16-9-25(16)36-14-20(27(38)19-11-24(32)22(30)12-26(19)36)28(39)33-35-7-5-34(6-8-35)13-17(37)15-40-18-3-4-21(29)23(31)10-18/h2-4,10-12,14,16-17,25,37H,1,5-9,13,15H2,(H,33,39). The number of allylic oxidation sites excluding steroid dienone is 1. The van der Waals surface area contributed by atoms with Gasteiger partial charge < -0.3 is 14.4 Å². The second kappa shape index (κ2) is 11.8. The molecule has 1 saturated heterocycles. The summed E-state index contributed by atoms with van der Waals surface area (Å²) < 4.78 is 35.1. The van der Waals surface area contributed by atoms with Crippen LogP contribution in [0, 0.1) is 17.6 Å². The van der Waals surface area contributed by atoms with E-state index in [1.54, 1.807) is 5.01 Å². The summed E-state index contributed by atoms with van der Waals surface area (Å²) in [6, 6.07) is 6.58. The number of hydrogen-bond donors (Lipinski definition) is 2. The lowest BCUT2D eigenvalue weighted by molar-refractivity contribution is 0.0316. The molecule has 1 saturated carbocycles. The monoisotopic (exact) mass is 592 g/mol. The lowest BCUT2D eigenvalue weighted by atomic mass is 10.1. The molecule has 2 heterocycles. The molecule has 2 N–H and O–H groups in total. The summed E-state index contributed by atoms with van der Waals surface area (Å²) >= 11 is 11.7. The summed E-state index contributed by atoms with van der Waals surface area (Å²) in [5.41, 5.74) is 2.60. The third-order valence-corrected chi connectivity index (χ3v) is 7.81. The van der Waals surface area contributed by atoms with Crippen molar-refractivity contribution < 1.29 is 23.4 Å². The van der Waals surface area contributed by atoms with Crippen molar-refractivity contribution in [1.82, 2.24) is 19.9 Å². The molecule has 2 aliphatic rings. The Bertz CT molecular complexity index is 1510. The molecular formula is C28H28Cl2F2N4O4. The minimum Gasteiger partial charge on any atom is -0.491 e. The number of halogens is 4. The quantitative estimate of drug-likeness (QED) is 0.365. The van der Waals surface area contributed by atoms with Crippen LogP contribution >= 0.6 is 23.2 Å². The minimum absolute atomic E-state index is 0.00588. The van der Waals surface area contributed by atoms with Crippen molar-refractivity contribution in [3.05, 3.63) is 86.7 Å². The Labute approximate surface area is 239 Å². The molecule has 2 fully saturated rings. The number of rotatable bonds is 9. The molecule has 8 nitrogen and oxygen atoms in total. The predicted octanol–water partition coefficient (Wildman–Crippen LogP) is 4.04. The third kappa shape index (κ3) is 6.16. The number of nitrogens with one attached hydrogen (secondary N) is 1. The van der Waals surface area contributed by atoms with Crippen molar-refractivity contribution in [2.75, 3.05) is 39.3 Å². The molecular weight excluding hydrogens is 565 g/mol. The highest BCUT2D eigenvalue weighted by molar-refractivity contribution is 6.31. The molecule has 1 aliphatic carbocycles. The van der Waals surface area contributed by atoms with Gasteiger partial charge in [0.2, 0.25) is 5.43 Å². The summed E-state index contributed by atoms with van der Waals surface area (Å²) in [5.74, 6) is -1.45. The summed E-state index contributed by atoms with van der Waals surface area (Å²) in [7, 11) is 0. The first-order valence-corrected chi connectivity index (χ1v) is 13.6. The fraction of sp³-hybridized carbons (Fsp3) is 0.357. The average molecular weight is 593 g/mol. The molecule has 40 heavy (non-hydrogen) atoms. The number of amides is 1. The largest absolute Gasteiger partial charge is 0.491 e. The Kier molecular flexibility index (Phi) is 8.44. The van der Waals surface area contributed by atoms with Crippen LogP contribution in [0.3, 0.4) is 0 Å². The SMILES string of the molecule is C=CC1CC1n1cc(C(=O)NN2CCN(CC(O)COc3ccc(Cl)c(F)c3)CC2)c(=O)c2cc(F)c(Cl)cc21. The van der Waals surface area contributed by atoms with Gasteiger partial charge in [0.1, 0.15) is 35.7 Å². The highest BCUT2D eigenvalue weighted by Crippen LogP contribution is 2.45. The van der Waals surface area contributed by atoms with Gasteiger partial charge in [0.15, 0.2) is 0 Å². The Morgan fingerprint density at radius 2 is 1.88 bits per heavy atom. The smallest absolute Gasteiger partial charge is 0.271 e. The van der Waals surface area contributed by atoms with Crippen LogP contribution in [0.5, 0.6) is 5.75 Å². The molecule has 1 aliphatic heterocycles. The zero-order valence-electron chi connectivity index (χ0n) is 21.5. The van der Waals surface area contributed by atoms with Crippen LogP contribution < -0.4 is 15.6 Å². The molecule has 0 radical (unpaired) electrons. The van der Waals surface area contributed by atoms with Crippen molar-refractivity contribution in [1.29, 1.82) is 0 Å². The lowest BCUT2D eigenvalue weighted by Gasteiger charge is -2.35. The molecule has 2 aromatic carbocycles. The molecule has 3 aromatic rings. The first-order valence-electron chi connectivity index (χ1n) is 12.8. The fourth-order valence-corrected chi connectivity index (χ4v) is 5.19. The number of aliphatic hydroxyl groups excluding tert-OH is 1. The van der Waals surface area contributed by atoms with Crippen LogP contribution in [-0.2, 0) is 0 Å². The average Bonchev–Trinajstić information content (AvgIpc) is 3.71. The summed E-state index contributed by atoms with van der Waals surface area (Å²) in [5, 5.41) is 12.1. The number of pyridine rings is 1. The fourth-order valence-electron chi connectivity index (χ4n) is 4.91. The molecule has 5 rings (SSSR count).